The summed E-state index contributed by atoms with van der Waals surface area (Å²) in [6.45, 7) is 0. The molecular weight excluding hydrogens is 440 g/mol. The van der Waals surface area contributed by atoms with Crippen LogP contribution in [0.25, 0.3) is 0 Å². The van der Waals surface area contributed by atoms with Gasteiger partial charge in [-0.2, -0.15) is 4.91 Å². The molecule has 0 spiro atoms. The lowest BCUT2D eigenvalue weighted by Gasteiger charge is -2.23. The molecular formula is C23H31F2NO5S. The standard InChI is InChI=1S/C23H31F2NO5S/c1-31-23(29)7-5-3-2-4-6-18-17(20(26-30)13-21(18)28)10-9-16(27)14-32-22-11-8-15(24)12-19(22)25/h2,4,8,11-12,16-18,20-21,27-28H,3,5-7,9-10,13-14H2,1H3/t16-,17-,18-,20?,21+/m1/s1. The maximum Gasteiger partial charge on any atom is 0.305 e. The summed E-state index contributed by atoms with van der Waals surface area (Å²) in [5.41, 5.74) is 0. The van der Waals surface area contributed by atoms with Crippen molar-refractivity contribution < 1.29 is 28.5 Å². The van der Waals surface area contributed by atoms with Gasteiger partial charge in [-0.05, 0) is 62.5 Å². The van der Waals surface area contributed by atoms with Crippen LogP contribution in [0.5, 0.6) is 0 Å². The maximum atomic E-state index is 13.7. The van der Waals surface area contributed by atoms with Crippen molar-refractivity contribution in [1.29, 1.82) is 0 Å². The number of unbranched alkanes of at least 4 members (excludes halogenated alkanes) is 1. The molecule has 5 atom stereocenters. The topological polar surface area (TPSA) is 96.2 Å². The number of carbonyl (C=O) groups excluding carboxylic acids is 1. The quantitative estimate of drug-likeness (QED) is 0.143. The first kappa shape index (κ1) is 26.4. The summed E-state index contributed by atoms with van der Waals surface area (Å²) < 4.78 is 31.3. The van der Waals surface area contributed by atoms with E-state index >= 15 is 0 Å². The first-order chi connectivity index (χ1) is 15.3. The van der Waals surface area contributed by atoms with Crippen LogP contribution in [0, 0.1) is 28.4 Å². The van der Waals surface area contributed by atoms with Crippen molar-refractivity contribution in [1.82, 2.24) is 0 Å². The Morgan fingerprint density at radius 1 is 1.34 bits per heavy atom. The van der Waals surface area contributed by atoms with Crippen LogP contribution >= 0.6 is 11.8 Å². The van der Waals surface area contributed by atoms with Crippen LogP contribution in [0.15, 0.2) is 40.4 Å². The third-order valence-electron chi connectivity index (χ3n) is 5.87. The predicted octanol–water partition coefficient (Wildman–Crippen LogP) is 4.62. The molecule has 2 N–H and O–H groups in total. The van der Waals surface area contributed by atoms with Gasteiger partial charge in [-0.1, -0.05) is 17.3 Å². The Balaban J connectivity index is 1.82. The minimum absolute atomic E-state index is 0.135. The molecule has 1 aliphatic rings. The lowest BCUT2D eigenvalue weighted by Crippen LogP contribution is -2.23. The number of allylic oxidation sites excluding steroid dienone is 2. The van der Waals surface area contributed by atoms with Crippen molar-refractivity contribution in [2.24, 2.45) is 17.0 Å². The van der Waals surface area contributed by atoms with Gasteiger partial charge in [0.2, 0.25) is 0 Å². The lowest BCUT2D eigenvalue weighted by atomic mass is 9.85. The largest absolute Gasteiger partial charge is 0.469 e. The highest BCUT2D eigenvalue weighted by molar-refractivity contribution is 7.99. The molecule has 1 aromatic rings. The third-order valence-corrected chi connectivity index (χ3v) is 7.06. The van der Waals surface area contributed by atoms with Gasteiger partial charge in [-0.25, -0.2) is 8.78 Å². The van der Waals surface area contributed by atoms with Crippen molar-refractivity contribution in [3.05, 3.63) is 46.9 Å². The molecule has 0 aliphatic heterocycles. The second-order valence-corrected chi connectivity index (χ2v) is 9.16. The fourth-order valence-electron chi connectivity index (χ4n) is 4.11. The summed E-state index contributed by atoms with van der Waals surface area (Å²) in [7, 11) is 1.36. The Hall–Kier alpha value is -1.84. The highest BCUT2D eigenvalue weighted by Crippen LogP contribution is 2.40. The van der Waals surface area contributed by atoms with Gasteiger partial charge in [0, 0.05) is 23.1 Å². The summed E-state index contributed by atoms with van der Waals surface area (Å²) in [5.74, 6) is -1.60. The molecule has 32 heavy (non-hydrogen) atoms. The van der Waals surface area contributed by atoms with E-state index in [0.29, 0.717) is 44.9 Å². The molecule has 1 fully saturated rings. The zero-order valence-electron chi connectivity index (χ0n) is 18.2. The molecule has 1 saturated carbocycles. The number of aliphatic hydroxyl groups excluding tert-OH is 2. The molecule has 2 rings (SSSR count). The van der Waals surface area contributed by atoms with E-state index in [4.69, 9.17) is 0 Å². The lowest BCUT2D eigenvalue weighted by molar-refractivity contribution is -0.140. The fraction of sp³-hybridized carbons (Fsp3) is 0.609. The Morgan fingerprint density at radius 3 is 2.81 bits per heavy atom. The number of ether oxygens (including phenoxy) is 1. The van der Waals surface area contributed by atoms with Gasteiger partial charge in [0.25, 0.3) is 0 Å². The van der Waals surface area contributed by atoms with Crippen LogP contribution in [0.4, 0.5) is 8.78 Å². The van der Waals surface area contributed by atoms with Crippen molar-refractivity contribution >= 4 is 17.7 Å². The van der Waals surface area contributed by atoms with E-state index in [1.165, 1.54) is 19.2 Å². The summed E-state index contributed by atoms with van der Waals surface area (Å²) >= 11 is 1.11. The number of hydrogen-bond acceptors (Lipinski definition) is 7. The molecule has 6 nitrogen and oxygen atoms in total. The van der Waals surface area contributed by atoms with Gasteiger partial charge in [0.05, 0.1) is 25.4 Å². The number of halogens is 2. The average molecular weight is 472 g/mol. The number of methoxy groups -OCH3 is 1. The molecule has 1 aromatic carbocycles. The second-order valence-electron chi connectivity index (χ2n) is 8.10. The molecule has 0 bridgehead atoms. The van der Waals surface area contributed by atoms with Gasteiger partial charge in [0.1, 0.15) is 11.6 Å². The number of benzene rings is 1. The van der Waals surface area contributed by atoms with Crippen molar-refractivity contribution in [2.45, 2.75) is 68.1 Å². The number of hydrogen-bond donors (Lipinski definition) is 2. The Labute approximate surface area is 191 Å². The summed E-state index contributed by atoms with van der Waals surface area (Å²) in [4.78, 5) is 22.7. The van der Waals surface area contributed by atoms with Crippen molar-refractivity contribution in [3.8, 4) is 0 Å². The molecule has 0 aromatic heterocycles. The minimum Gasteiger partial charge on any atom is -0.469 e. The molecule has 0 radical (unpaired) electrons. The average Bonchev–Trinajstić information content (AvgIpc) is 3.08. The normalized spacial score (nSPS) is 24.0. The van der Waals surface area contributed by atoms with Gasteiger partial charge < -0.3 is 14.9 Å². The van der Waals surface area contributed by atoms with Crippen LogP contribution in [0.1, 0.15) is 44.9 Å². The summed E-state index contributed by atoms with van der Waals surface area (Å²) in [6, 6.07) is 2.82. The SMILES string of the molecule is COC(=O)CCCC=CC[C@H]1[C@@H](O)CC(N=O)[C@@H]1CC[C@@H](O)CSc1ccc(F)cc1F. The van der Waals surface area contributed by atoms with E-state index in [1.807, 2.05) is 12.2 Å². The second kappa shape index (κ2) is 13.6. The molecule has 1 unspecified atom stereocenters. The predicted molar refractivity (Wildman–Crippen MR) is 119 cm³/mol. The van der Waals surface area contributed by atoms with Crippen LogP contribution in [0.3, 0.4) is 0 Å². The number of carbonyl (C=O) groups is 1. The number of thioether (sulfide) groups is 1. The van der Waals surface area contributed by atoms with Gasteiger partial charge in [-0.15, -0.1) is 11.8 Å². The van der Waals surface area contributed by atoms with Crippen LogP contribution in [-0.4, -0.2) is 47.3 Å². The van der Waals surface area contributed by atoms with Gasteiger partial charge >= 0.3 is 5.97 Å². The molecule has 0 saturated heterocycles. The molecule has 0 amide bonds. The zero-order valence-corrected chi connectivity index (χ0v) is 19.0. The number of nitrogens with zero attached hydrogens (tertiary/aromatic N) is 1. The smallest absolute Gasteiger partial charge is 0.305 e. The van der Waals surface area contributed by atoms with Crippen LogP contribution < -0.4 is 0 Å². The Bertz CT molecular complexity index is 779. The molecule has 1 aliphatic carbocycles. The van der Waals surface area contributed by atoms with E-state index in [2.05, 4.69) is 9.91 Å². The minimum atomic E-state index is -0.732. The Kier molecular flexibility index (Phi) is 11.3. The maximum absolute atomic E-state index is 13.7. The van der Waals surface area contributed by atoms with Gasteiger partial charge in [-0.3, -0.25) is 4.79 Å². The number of esters is 1. The van der Waals surface area contributed by atoms with Gasteiger partial charge in [0.15, 0.2) is 0 Å². The van der Waals surface area contributed by atoms with Crippen LogP contribution in [-0.2, 0) is 9.53 Å². The third kappa shape index (κ3) is 8.26. The monoisotopic (exact) mass is 471 g/mol. The van der Waals surface area contributed by atoms with E-state index in [0.717, 1.165) is 17.8 Å². The van der Waals surface area contributed by atoms with Crippen molar-refractivity contribution in [3.63, 3.8) is 0 Å². The molecule has 0 heterocycles. The van der Waals surface area contributed by atoms with Crippen LogP contribution in [0.2, 0.25) is 0 Å². The highest BCUT2D eigenvalue weighted by Gasteiger charge is 2.42. The van der Waals surface area contributed by atoms with E-state index in [-0.39, 0.29) is 28.5 Å². The molecule has 178 valence electrons. The number of aliphatic hydroxyl groups is 2. The van der Waals surface area contributed by atoms with E-state index in [1.54, 1.807) is 0 Å². The zero-order chi connectivity index (χ0) is 23.5. The van der Waals surface area contributed by atoms with E-state index in [9.17, 15) is 28.7 Å². The highest BCUT2D eigenvalue weighted by atomic mass is 32.2. The first-order valence-corrected chi connectivity index (χ1v) is 11.8. The fourth-order valence-corrected chi connectivity index (χ4v) is 5.01. The summed E-state index contributed by atoms with van der Waals surface area (Å²) in [5, 5.41) is 23.9. The summed E-state index contributed by atoms with van der Waals surface area (Å²) in [6.07, 6.45) is 6.08. The first-order valence-electron chi connectivity index (χ1n) is 10.8. The molecule has 9 heteroatoms. The Morgan fingerprint density at radius 2 is 2.12 bits per heavy atom. The number of nitroso groups, excluding NO2 is 1. The van der Waals surface area contributed by atoms with E-state index < -0.39 is 29.9 Å². The van der Waals surface area contributed by atoms with Crippen molar-refractivity contribution in [2.75, 3.05) is 12.9 Å². The number of rotatable bonds is 13.